The van der Waals surface area contributed by atoms with Crippen LogP contribution in [0, 0.1) is 10.1 Å². The lowest BCUT2D eigenvalue weighted by Crippen LogP contribution is -2.02. The Morgan fingerprint density at radius 3 is 2.48 bits per heavy atom. The first kappa shape index (κ1) is 15.4. The molecule has 0 saturated heterocycles. The molecule has 0 radical (unpaired) electrons. The van der Waals surface area contributed by atoms with Gasteiger partial charge in [-0.05, 0) is 23.8 Å². The third kappa shape index (κ3) is 3.77. The maximum Gasteiger partial charge on any atom is 0.273 e. The summed E-state index contributed by atoms with van der Waals surface area (Å²) in [7, 11) is 1.46. The van der Waals surface area contributed by atoms with Crippen molar-refractivity contribution in [3.63, 3.8) is 0 Å². The molecular weight excluding hydrogens is 315 g/mol. The van der Waals surface area contributed by atoms with Crippen molar-refractivity contribution in [1.82, 2.24) is 0 Å². The molecule has 2 aromatic carbocycles. The number of anilines is 1. The van der Waals surface area contributed by atoms with E-state index in [1.807, 2.05) is 0 Å². The monoisotopic (exact) mass is 326 g/mol. The summed E-state index contributed by atoms with van der Waals surface area (Å²) in [5, 5.41) is 14.9. The second kappa shape index (κ2) is 6.65. The summed E-state index contributed by atoms with van der Waals surface area (Å²) in [5.41, 5.74) is 1.25. The fourth-order valence-electron chi connectivity index (χ4n) is 1.83. The van der Waals surface area contributed by atoms with E-state index in [2.05, 4.69) is 5.32 Å². The van der Waals surface area contributed by atoms with Gasteiger partial charge in [0.15, 0.2) is 0 Å². The number of rotatable bonds is 5. The molecule has 7 heteroatoms. The molecule has 0 amide bonds. The zero-order chi connectivity index (χ0) is 15.4. The van der Waals surface area contributed by atoms with Gasteiger partial charge in [-0.2, -0.15) is 0 Å². The fourth-order valence-corrected chi connectivity index (χ4v) is 2.36. The summed E-state index contributed by atoms with van der Waals surface area (Å²) in [6, 6.07) is 9.72. The zero-order valence-corrected chi connectivity index (χ0v) is 12.6. The van der Waals surface area contributed by atoms with Gasteiger partial charge >= 0.3 is 0 Å². The maximum atomic E-state index is 10.9. The number of nitrogens with one attached hydrogen (secondary N) is 1. The minimum Gasteiger partial charge on any atom is -0.496 e. The predicted molar refractivity (Wildman–Crippen MR) is 83.4 cm³/mol. The number of nitrogens with zero attached hydrogens (tertiary/aromatic N) is 1. The highest BCUT2D eigenvalue weighted by Gasteiger charge is 2.11. The predicted octanol–water partition coefficient (Wildman–Crippen LogP) is 4.52. The van der Waals surface area contributed by atoms with Gasteiger partial charge in [0, 0.05) is 12.6 Å². The standard InChI is InChI=1S/C14H12Cl2N2O3/c1-21-11-6-9(5-10(7-11)18(19)20)8-17-14-12(15)3-2-4-13(14)16/h2-7,17H,8H2,1H3. The molecular formula is C14H12Cl2N2O3. The van der Waals surface area contributed by atoms with Crippen LogP contribution in [0.3, 0.4) is 0 Å². The molecule has 2 aromatic rings. The molecule has 0 bridgehead atoms. The number of methoxy groups -OCH3 is 1. The van der Waals surface area contributed by atoms with Crippen molar-refractivity contribution in [2.24, 2.45) is 0 Å². The van der Waals surface area contributed by atoms with Crippen LogP contribution in [0.2, 0.25) is 10.0 Å². The lowest BCUT2D eigenvalue weighted by molar-refractivity contribution is -0.385. The Bertz CT molecular complexity index is 657. The van der Waals surface area contributed by atoms with E-state index in [1.54, 1.807) is 24.3 Å². The van der Waals surface area contributed by atoms with Gasteiger partial charge in [-0.15, -0.1) is 0 Å². The van der Waals surface area contributed by atoms with Crippen molar-refractivity contribution in [3.8, 4) is 5.75 Å². The Labute approximate surface area is 131 Å². The molecule has 0 aromatic heterocycles. The largest absolute Gasteiger partial charge is 0.496 e. The first-order valence-electron chi connectivity index (χ1n) is 6.01. The number of nitro benzene ring substituents is 1. The van der Waals surface area contributed by atoms with Crippen LogP contribution in [0.1, 0.15) is 5.56 Å². The Kier molecular flexibility index (Phi) is 4.88. The SMILES string of the molecule is COc1cc(CNc2c(Cl)cccc2Cl)cc([N+](=O)[O-])c1. The lowest BCUT2D eigenvalue weighted by Gasteiger charge is -2.11. The van der Waals surface area contributed by atoms with Gasteiger partial charge in [0.05, 0.1) is 33.8 Å². The first-order valence-corrected chi connectivity index (χ1v) is 6.77. The van der Waals surface area contributed by atoms with Gasteiger partial charge < -0.3 is 10.1 Å². The molecule has 110 valence electrons. The van der Waals surface area contributed by atoms with E-state index in [-0.39, 0.29) is 5.69 Å². The van der Waals surface area contributed by atoms with E-state index in [9.17, 15) is 10.1 Å². The molecule has 2 rings (SSSR count). The summed E-state index contributed by atoms with van der Waals surface area (Å²) < 4.78 is 5.06. The van der Waals surface area contributed by atoms with Crippen LogP contribution in [0.15, 0.2) is 36.4 Å². The molecule has 0 aliphatic carbocycles. The van der Waals surface area contributed by atoms with Gasteiger partial charge in [0.2, 0.25) is 0 Å². The molecule has 0 aliphatic heterocycles. The first-order chi connectivity index (χ1) is 10.0. The van der Waals surface area contributed by atoms with Crippen molar-refractivity contribution >= 4 is 34.6 Å². The van der Waals surface area contributed by atoms with E-state index in [0.717, 1.165) is 0 Å². The van der Waals surface area contributed by atoms with E-state index in [4.69, 9.17) is 27.9 Å². The Morgan fingerprint density at radius 2 is 1.90 bits per heavy atom. The summed E-state index contributed by atoms with van der Waals surface area (Å²) >= 11 is 12.1. The number of benzene rings is 2. The van der Waals surface area contributed by atoms with E-state index in [1.165, 1.54) is 19.2 Å². The van der Waals surface area contributed by atoms with Gasteiger partial charge in [0.25, 0.3) is 5.69 Å². The Hall–Kier alpha value is -1.98. The molecule has 0 heterocycles. The summed E-state index contributed by atoms with van der Waals surface area (Å²) in [4.78, 5) is 10.4. The van der Waals surface area contributed by atoms with Crippen molar-refractivity contribution < 1.29 is 9.66 Å². The average Bonchev–Trinajstić information content (AvgIpc) is 2.46. The number of hydrogen-bond acceptors (Lipinski definition) is 4. The second-order valence-electron chi connectivity index (χ2n) is 4.25. The number of nitro groups is 1. The third-order valence-electron chi connectivity index (χ3n) is 2.83. The topological polar surface area (TPSA) is 64.4 Å². The quantitative estimate of drug-likeness (QED) is 0.648. The highest BCUT2D eigenvalue weighted by molar-refractivity contribution is 6.39. The summed E-state index contributed by atoms with van der Waals surface area (Å²) in [6.07, 6.45) is 0. The van der Waals surface area contributed by atoms with Gasteiger partial charge in [-0.1, -0.05) is 29.3 Å². The molecule has 0 fully saturated rings. The molecule has 0 atom stereocenters. The van der Waals surface area contributed by atoms with Crippen LogP contribution >= 0.6 is 23.2 Å². The van der Waals surface area contributed by atoms with E-state index in [0.29, 0.717) is 33.6 Å². The van der Waals surface area contributed by atoms with Crippen LogP contribution in [0.25, 0.3) is 0 Å². The number of para-hydroxylation sites is 1. The van der Waals surface area contributed by atoms with Crippen molar-refractivity contribution in [1.29, 1.82) is 0 Å². The smallest absolute Gasteiger partial charge is 0.273 e. The van der Waals surface area contributed by atoms with Crippen molar-refractivity contribution in [2.45, 2.75) is 6.54 Å². The highest BCUT2D eigenvalue weighted by Crippen LogP contribution is 2.31. The number of non-ortho nitro benzene ring substituents is 1. The molecule has 0 unspecified atom stereocenters. The second-order valence-corrected chi connectivity index (χ2v) is 5.06. The van der Waals surface area contributed by atoms with Gasteiger partial charge in [-0.25, -0.2) is 0 Å². The van der Waals surface area contributed by atoms with E-state index < -0.39 is 4.92 Å². The number of halogens is 2. The van der Waals surface area contributed by atoms with Crippen LogP contribution < -0.4 is 10.1 Å². The highest BCUT2D eigenvalue weighted by atomic mass is 35.5. The third-order valence-corrected chi connectivity index (χ3v) is 3.46. The average molecular weight is 327 g/mol. The molecule has 1 N–H and O–H groups in total. The normalized spacial score (nSPS) is 10.2. The van der Waals surface area contributed by atoms with Crippen LogP contribution in [0.5, 0.6) is 5.75 Å². The minimum atomic E-state index is -0.464. The summed E-state index contributed by atoms with van der Waals surface area (Å²) in [5.74, 6) is 0.422. The molecule has 0 saturated carbocycles. The van der Waals surface area contributed by atoms with Crippen LogP contribution in [-0.2, 0) is 6.54 Å². The van der Waals surface area contributed by atoms with Gasteiger partial charge in [0.1, 0.15) is 5.75 Å². The molecule has 0 aliphatic rings. The fraction of sp³-hybridized carbons (Fsp3) is 0.143. The minimum absolute atomic E-state index is 0.0311. The Balaban J connectivity index is 2.23. The van der Waals surface area contributed by atoms with Gasteiger partial charge in [-0.3, -0.25) is 10.1 Å². The van der Waals surface area contributed by atoms with Crippen LogP contribution in [0.4, 0.5) is 11.4 Å². The number of ether oxygens (including phenoxy) is 1. The van der Waals surface area contributed by atoms with E-state index >= 15 is 0 Å². The number of hydrogen-bond donors (Lipinski definition) is 1. The van der Waals surface area contributed by atoms with Crippen LogP contribution in [-0.4, -0.2) is 12.0 Å². The lowest BCUT2D eigenvalue weighted by atomic mass is 10.2. The Morgan fingerprint density at radius 1 is 1.24 bits per heavy atom. The summed E-state index contributed by atoms with van der Waals surface area (Å²) in [6.45, 7) is 0.335. The maximum absolute atomic E-state index is 10.9. The van der Waals surface area contributed by atoms with Crippen molar-refractivity contribution in [3.05, 3.63) is 62.1 Å². The molecule has 21 heavy (non-hydrogen) atoms. The molecule has 0 spiro atoms. The van der Waals surface area contributed by atoms with Crippen molar-refractivity contribution in [2.75, 3.05) is 12.4 Å². The molecule has 5 nitrogen and oxygen atoms in total. The zero-order valence-electron chi connectivity index (χ0n) is 11.1.